The summed E-state index contributed by atoms with van der Waals surface area (Å²) in [5.41, 5.74) is -0.473. The molecule has 2 aromatic carbocycles. The van der Waals surface area contributed by atoms with Crippen LogP contribution in [0.4, 0.5) is 5.69 Å². The van der Waals surface area contributed by atoms with E-state index < -0.39 is 27.8 Å². The van der Waals surface area contributed by atoms with Crippen LogP contribution in [0.15, 0.2) is 69.1 Å². The van der Waals surface area contributed by atoms with Gasteiger partial charge >= 0.3 is 0 Å². The molecule has 420 valence electrons. The summed E-state index contributed by atoms with van der Waals surface area (Å²) < 4.78 is 5.24. The highest BCUT2D eigenvalue weighted by Crippen LogP contribution is 2.41. The smallest absolute Gasteiger partial charge is 0.263 e. The number of likely N-dealkylation sites (N-methyl/N-ethyl adjacent to an activating group) is 7. The van der Waals surface area contributed by atoms with Crippen LogP contribution >= 0.6 is 0 Å². The summed E-state index contributed by atoms with van der Waals surface area (Å²) in [6.07, 6.45) is 0. The predicted molar refractivity (Wildman–Crippen MR) is 313 cm³/mol. The lowest BCUT2D eigenvalue weighted by Gasteiger charge is -2.23. The molecular weight excluding hydrogens is 997 g/mol. The molecule has 0 spiro atoms. The maximum absolute atomic E-state index is 14.1. The lowest BCUT2D eigenvalue weighted by Crippen LogP contribution is -2.39. The van der Waals surface area contributed by atoms with E-state index in [1.165, 1.54) is 18.3 Å². The van der Waals surface area contributed by atoms with E-state index in [0.717, 1.165) is 0 Å². The zero-order valence-electron chi connectivity index (χ0n) is 47.9. The van der Waals surface area contributed by atoms with Crippen molar-refractivity contribution in [2.45, 2.75) is 26.2 Å². The number of rotatable bonds is 22. The predicted octanol–water partition coefficient (Wildman–Crippen LogP) is -0.130. The van der Waals surface area contributed by atoms with Crippen molar-refractivity contribution in [1.29, 1.82) is 0 Å². The molecule has 0 amide bonds. The van der Waals surface area contributed by atoms with Crippen LogP contribution in [0.3, 0.4) is 0 Å². The number of nitrogens with zero attached hydrogens (tertiary/aromatic N) is 13. The third-order valence-electron chi connectivity index (χ3n) is 14.1. The molecule has 2 aliphatic heterocycles. The largest absolute Gasteiger partial charge is 0.494 e. The number of nitrogens with one attached hydrogen (secondary N) is 1. The molecule has 4 heterocycles. The van der Waals surface area contributed by atoms with Gasteiger partial charge in [0.2, 0.25) is 11.8 Å². The van der Waals surface area contributed by atoms with Gasteiger partial charge < -0.3 is 49.8 Å². The number of aromatic hydroxyl groups is 2. The monoisotopic (exact) mass is 1070 g/mol. The minimum absolute atomic E-state index is 0.174. The van der Waals surface area contributed by atoms with E-state index >= 15 is 0 Å². The molecule has 0 saturated heterocycles. The molecule has 22 heteroatoms. The quantitative estimate of drug-likeness (QED) is 0.0753. The van der Waals surface area contributed by atoms with Gasteiger partial charge in [-0.25, -0.2) is 0 Å². The Bertz CT molecular complexity index is 3860. The Balaban J connectivity index is 0.000000229. The fraction of sp³-hybridized carbons (Fsp3) is 0.500. The summed E-state index contributed by atoms with van der Waals surface area (Å²) in [6.45, 7) is 6.52. The standard InChI is InChI=1S/C30H44N8O4.C26H34N6O4/c1-33(2)11-9-31-21-17-19-24-23-20(28(40)37(15-13-35(5)6)29(41)25(21)23)18-22(32-10-12-34(3)4)26(24)30(42)38(27(19)39)16-14-36(7)8;1-28(2)10-9-27-19-15-18-20-16(23(33)31(25(18)35)13-11-29(3)4)7-8-17-21(20)22(19)26(36)32(24(17)34)14-12-30(5)6/h17-18,31,39H,9-16H2,1-8H3;7-8,15,34H,9-14H2,1-6H3. The van der Waals surface area contributed by atoms with Crippen LogP contribution in [0.25, 0.3) is 65.3 Å². The van der Waals surface area contributed by atoms with Crippen molar-refractivity contribution in [2.24, 2.45) is 9.98 Å². The molecule has 2 aliphatic carbocycles. The van der Waals surface area contributed by atoms with Crippen LogP contribution in [0.1, 0.15) is 0 Å². The average Bonchev–Trinajstić information content (AvgIpc) is 3.35. The van der Waals surface area contributed by atoms with Crippen LogP contribution in [0.5, 0.6) is 11.8 Å². The van der Waals surface area contributed by atoms with Gasteiger partial charge in [-0.3, -0.25) is 57.0 Å². The van der Waals surface area contributed by atoms with Crippen LogP contribution < -0.4 is 49.4 Å². The van der Waals surface area contributed by atoms with Crippen molar-refractivity contribution in [2.75, 3.05) is 169 Å². The summed E-state index contributed by atoms with van der Waals surface area (Å²) in [7, 11) is 26.8. The molecule has 0 radical (unpaired) electrons. The molecule has 4 aliphatic rings. The highest BCUT2D eigenvalue weighted by molar-refractivity contribution is 6.19. The fourth-order valence-electron chi connectivity index (χ4n) is 9.78. The van der Waals surface area contributed by atoms with Crippen LogP contribution in [-0.2, 0) is 26.2 Å². The molecule has 8 rings (SSSR count). The van der Waals surface area contributed by atoms with E-state index in [0.29, 0.717) is 147 Å². The second kappa shape index (κ2) is 24.4. The van der Waals surface area contributed by atoms with Crippen molar-refractivity contribution in [3.63, 3.8) is 0 Å². The number of anilines is 1. The first-order valence-electron chi connectivity index (χ1n) is 26.3. The molecule has 78 heavy (non-hydrogen) atoms. The first-order valence-corrected chi connectivity index (χ1v) is 26.3. The highest BCUT2D eigenvalue weighted by Gasteiger charge is 2.30. The number of hydrogen-bond acceptors (Lipinski definition) is 18. The molecular formula is C56H78N14O8. The Kier molecular flexibility index (Phi) is 18.4. The Morgan fingerprint density at radius 3 is 1.22 bits per heavy atom. The summed E-state index contributed by atoms with van der Waals surface area (Å²) in [6, 6.07) is 8.35. The van der Waals surface area contributed by atoms with Gasteiger partial charge in [-0.15, -0.1) is 0 Å². The lowest BCUT2D eigenvalue weighted by atomic mass is 9.89. The Morgan fingerprint density at radius 1 is 0.397 bits per heavy atom. The van der Waals surface area contributed by atoms with E-state index in [2.05, 4.69) is 5.32 Å². The lowest BCUT2D eigenvalue weighted by molar-refractivity contribution is 0.353. The molecule has 0 atom stereocenters. The summed E-state index contributed by atoms with van der Waals surface area (Å²) in [5, 5.41) is 29.8. The third kappa shape index (κ3) is 11.9. The number of hydrogen-bond donors (Lipinski definition) is 3. The highest BCUT2D eigenvalue weighted by atomic mass is 16.3. The Morgan fingerprint density at radius 2 is 0.769 bits per heavy atom. The van der Waals surface area contributed by atoms with Crippen molar-refractivity contribution in [1.82, 2.24) is 52.6 Å². The molecule has 0 bridgehead atoms. The second-order valence-electron chi connectivity index (χ2n) is 22.0. The zero-order chi connectivity index (χ0) is 57.2. The van der Waals surface area contributed by atoms with E-state index in [4.69, 9.17) is 9.98 Å². The molecule has 22 nitrogen and oxygen atoms in total. The van der Waals surface area contributed by atoms with E-state index in [-0.39, 0.29) is 43.5 Å². The minimum atomic E-state index is -0.427. The van der Waals surface area contributed by atoms with Crippen molar-refractivity contribution in [3.8, 4) is 34.0 Å². The molecule has 4 aromatic rings. The molecule has 0 saturated carbocycles. The summed E-state index contributed by atoms with van der Waals surface area (Å²) in [4.78, 5) is 106. The first kappa shape index (κ1) is 58.8. The number of pyridine rings is 4. The minimum Gasteiger partial charge on any atom is -0.494 e. The molecule has 2 aromatic heterocycles. The average molecular weight is 1080 g/mol. The summed E-state index contributed by atoms with van der Waals surface area (Å²) in [5.74, 6) is -0.366. The van der Waals surface area contributed by atoms with Gasteiger partial charge in [0.1, 0.15) is 0 Å². The maximum Gasteiger partial charge on any atom is 0.263 e. The van der Waals surface area contributed by atoms with Gasteiger partial charge in [-0.1, -0.05) is 0 Å². The number of aromatic nitrogens is 4. The van der Waals surface area contributed by atoms with Crippen molar-refractivity contribution < 1.29 is 10.2 Å². The van der Waals surface area contributed by atoms with Crippen molar-refractivity contribution >= 4 is 48.8 Å². The SMILES string of the molecule is CN(C)CCN=c1cc2c(=O)n(CCN(C)C)c(=O)c3c(NCCN(C)C)cc4c(O)n(CCN(C)C)c(=O)c1c4c3-2.CN(C)CCN=c1cc2c(=O)n(CCN(C)C)c(=O)c3ccc4c(O)n(CCN(C)C)c(=O)c1c4c3-2. The van der Waals surface area contributed by atoms with Crippen LogP contribution in [0.2, 0.25) is 0 Å². The van der Waals surface area contributed by atoms with Gasteiger partial charge in [-0.05, 0) is 129 Å². The van der Waals surface area contributed by atoms with Gasteiger partial charge in [0.25, 0.3) is 33.4 Å². The second-order valence-corrected chi connectivity index (χ2v) is 22.0. The van der Waals surface area contributed by atoms with E-state index in [9.17, 15) is 39.0 Å². The van der Waals surface area contributed by atoms with Crippen LogP contribution in [0, 0.1) is 0 Å². The maximum atomic E-state index is 14.1. The van der Waals surface area contributed by atoms with Gasteiger partial charge in [0, 0.05) is 122 Å². The third-order valence-corrected chi connectivity index (χ3v) is 14.1. The van der Waals surface area contributed by atoms with Crippen LogP contribution in [-0.4, -0.2) is 227 Å². The van der Waals surface area contributed by atoms with E-state index in [1.807, 2.05) is 133 Å². The van der Waals surface area contributed by atoms with Gasteiger partial charge in [-0.2, -0.15) is 0 Å². The number of benzene rings is 4. The zero-order valence-corrected chi connectivity index (χ0v) is 47.9. The van der Waals surface area contributed by atoms with Crippen molar-refractivity contribution in [3.05, 3.63) is 103 Å². The molecule has 0 unspecified atom stereocenters. The van der Waals surface area contributed by atoms with Gasteiger partial charge in [0.05, 0.1) is 51.1 Å². The van der Waals surface area contributed by atoms with E-state index in [1.54, 1.807) is 30.3 Å². The Hall–Kier alpha value is -6.92. The first-order chi connectivity index (χ1) is 36.8. The Labute approximate surface area is 452 Å². The van der Waals surface area contributed by atoms with Gasteiger partial charge in [0.15, 0.2) is 0 Å². The molecule has 0 fully saturated rings. The normalized spacial score (nSPS) is 13.0. The molecule has 3 N–H and O–H groups in total. The topological polar surface area (TPSA) is 222 Å². The summed E-state index contributed by atoms with van der Waals surface area (Å²) >= 11 is 0. The fourth-order valence-corrected chi connectivity index (χ4v) is 9.78.